The van der Waals surface area contributed by atoms with E-state index < -0.39 is 7.44 Å². The van der Waals surface area contributed by atoms with Crippen molar-refractivity contribution in [3.05, 3.63) is 0 Å². The van der Waals surface area contributed by atoms with Crippen molar-refractivity contribution >= 4 is 50.1 Å². The molecule has 0 saturated heterocycles. The van der Waals surface area contributed by atoms with Gasteiger partial charge in [-0.25, -0.2) is 0 Å². The van der Waals surface area contributed by atoms with Crippen molar-refractivity contribution in [2.24, 2.45) is 0 Å². The number of hydrogen-bond donors (Lipinski definition) is 0. The monoisotopic (exact) mass is 165 g/mol. The van der Waals surface area contributed by atoms with Gasteiger partial charge in [0.25, 0.3) is 0 Å². The molecule has 1 radical (unpaired) electrons. The SMILES string of the molecule is [B]=S(=S)=S(=S)=BC. The summed E-state index contributed by atoms with van der Waals surface area (Å²) >= 11 is 9.50. The molecular weight excluding hydrogens is 162 g/mol. The van der Waals surface area contributed by atoms with Gasteiger partial charge in [0.05, 0.1) is 0 Å². The molecule has 0 aliphatic rings. The van der Waals surface area contributed by atoms with Gasteiger partial charge < -0.3 is 0 Å². The molecule has 0 nitrogen and oxygen atoms in total. The summed E-state index contributed by atoms with van der Waals surface area (Å²) in [6.07, 6.45) is 1.87. The summed E-state index contributed by atoms with van der Waals surface area (Å²) in [5, 5.41) is 0. The molecule has 7 heavy (non-hydrogen) atoms. The van der Waals surface area contributed by atoms with Crippen molar-refractivity contribution in [2.45, 2.75) is 6.82 Å². The summed E-state index contributed by atoms with van der Waals surface area (Å²) in [6.45, 7) is 7.15. The van der Waals surface area contributed by atoms with Crippen LogP contribution in [-0.2, 0) is 37.3 Å². The molecule has 0 aromatic carbocycles. The van der Waals surface area contributed by atoms with E-state index >= 15 is 0 Å². The summed E-state index contributed by atoms with van der Waals surface area (Å²) in [4.78, 5) is 0. The van der Waals surface area contributed by atoms with E-state index in [1.165, 1.54) is 0 Å². The predicted molar refractivity (Wildman–Crippen MR) is 46.8 cm³/mol. The fourth-order valence-electron chi connectivity index (χ4n) is 0.0948. The van der Waals surface area contributed by atoms with E-state index in [-0.39, 0.29) is 7.44 Å². The Bertz CT molecular complexity index is 257. The topological polar surface area (TPSA) is 0 Å². The van der Waals surface area contributed by atoms with Gasteiger partial charge in [-0.1, -0.05) is 0 Å². The predicted octanol–water partition coefficient (Wildman–Crippen LogP) is -0.187. The van der Waals surface area contributed by atoms with E-state index in [0.29, 0.717) is 0 Å². The fourth-order valence-corrected chi connectivity index (χ4v) is 1.56. The quantitative estimate of drug-likeness (QED) is 0.456. The Morgan fingerprint density at radius 3 is 2.00 bits per heavy atom. The van der Waals surface area contributed by atoms with Crippen LogP contribution in [0.4, 0.5) is 0 Å². The Morgan fingerprint density at radius 2 is 2.00 bits per heavy atom. The van der Waals surface area contributed by atoms with Gasteiger partial charge in [0.15, 0.2) is 0 Å². The van der Waals surface area contributed by atoms with Gasteiger partial charge in [0.2, 0.25) is 0 Å². The van der Waals surface area contributed by atoms with Crippen LogP contribution in [0.5, 0.6) is 0 Å². The van der Waals surface area contributed by atoms with Crippen molar-refractivity contribution in [3.63, 3.8) is 0 Å². The Hall–Kier alpha value is 1.01. The van der Waals surface area contributed by atoms with E-state index in [2.05, 4.69) is 11.2 Å². The second kappa shape index (κ2) is 3.95. The summed E-state index contributed by atoms with van der Waals surface area (Å²) in [5.74, 6) is 0. The average molecular weight is 165 g/mol. The Labute approximate surface area is 56.9 Å². The van der Waals surface area contributed by atoms with Crippen molar-refractivity contribution in [2.75, 3.05) is 0 Å². The van der Waals surface area contributed by atoms with Crippen LogP contribution in [0.3, 0.4) is 0 Å². The number of hydrogen-bond acceptors (Lipinski definition) is 2. The molecule has 0 amide bonds. The third-order valence-corrected chi connectivity index (χ3v) is 6.60. The van der Waals surface area contributed by atoms with E-state index in [1.807, 2.05) is 13.0 Å². The molecule has 0 spiro atoms. The Balaban J connectivity index is 5.68. The van der Waals surface area contributed by atoms with Gasteiger partial charge in [0, 0.05) is 0 Å². The third-order valence-electron chi connectivity index (χ3n) is 0.354. The van der Waals surface area contributed by atoms with Gasteiger partial charge in [-0.05, 0) is 0 Å². The zero-order chi connectivity index (χ0) is 5.86. The van der Waals surface area contributed by atoms with E-state index in [9.17, 15) is 0 Å². The molecule has 0 aliphatic carbocycles. The van der Waals surface area contributed by atoms with Crippen molar-refractivity contribution < 1.29 is 0 Å². The zero-order valence-electron chi connectivity index (χ0n) is 3.79. The molecule has 0 unspecified atom stereocenters. The third kappa shape index (κ3) is 3.58. The van der Waals surface area contributed by atoms with Crippen LogP contribution in [-0.4, -0.2) is 12.9 Å². The van der Waals surface area contributed by atoms with Crippen LogP contribution in [0.25, 0.3) is 0 Å². The first-order valence-electron chi connectivity index (χ1n) is 1.55. The molecule has 0 aromatic rings. The van der Waals surface area contributed by atoms with Crippen LogP contribution < -0.4 is 0 Å². The van der Waals surface area contributed by atoms with E-state index in [0.717, 1.165) is 0 Å². The van der Waals surface area contributed by atoms with Crippen molar-refractivity contribution in [1.29, 1.82) is 0 Å². The van der Waals surface area contributed by atoms with Gasteiger partial charge in [-0.15, -0.1) is 0 Å². The van der Waals surface area contributed by atoms with Gasteiger partial charge in [0.1, 0.15) is 0 Å². The van der Waals surface area contributed by atoms with Crippen LogP contribution in [0.15, 0.2) is 0 Å². The molecule has 0 bridgehead atoms. The van der Waals surface area contributed by atoms with Crippen LogP contribution in [0, 0.1) is 0 Å². The minimum atomic E-state index is -0.490. The molecule has 0 rings (SSSR count). The van der Waals surface area contributed by atoms with Gasteiger partial charge >= 0.3 is 57.0 Å². The molecule has 0 saturated carbocycles. The molecular formula is CH3B2S4. The van der Waals surface area contributed by atoms with E-state index in [1.54, 1.807) is 0 Å². The molecule has 0 heterocycles. The summed E-state index contributed by atoms with van der Waals surface area (Å²) in [5.41, 5.74) is 0. The summed E-state index contributed by atoms with van der Waals surface area (Å²) in [6, 6.07) is 0. The minimum absolute atomic E-state index is 0.250. The molecule has 37 valence electrons. The first-order chi connectivity index (χ1) is 3.18. The molecule has 0 N–H and O–H groups in total. The van der Waals surface area contributed by atoms with Crippen molar-refractivity contribution in [3.8, 4) is 0 Å². The Morgan fingerprint density at radius 1 is 1.57 bits per heavy atom. The molecule has 0 fully saturated rings. The number of rotatable bonds is 0. The molecule has 6 heteroatoms. The normalized spacial score (nSPS) is 6.86. The molecule has 0 aliphatic heterocycles. The first-order valence-corrected chi connectivity index (χ1v) is 6.49. The zero-order valence-corrected chi connectivity index (χ0v) is 7.05. The molecule has 0 aromatic heterocycles. The summed E-state index contributed by atoms with van der Waals surface area (Å²) in [7, 11) is -0.740. The fraction of sp³-hybridized carbons (Fsp3) is 1.00. The van der Waals surface area contributed by atoms with Crippen molar-refractivity contribution in [1.82, 2.24) is 0 Å². The second-order valence-electron chi connectivity index (χ2n) is 0.757. The first kappa shape index (κ1) is 8.01. The standard InChI is InChI=1S/CH3B2S4/c1-3-7(5)6(2)4/h1H3. The van der Waals surface area contributed by atoms with Crippen LogP contribution >= 0.6 is 0 Å². The Kier molecular flexibility index (Phi) is 4.52. The summed E-state index contributed by atoms with van der Waals surface area (Å²) < 4.78 is 0. The van der Waals surface area contributed by atoms with Crippen LogP contribution in [0.2, 0.25) is 6.82 Å². The average Bonchev–Trinajstić information content (AvgIpc) is 1.65. The molecule has 0 atom stereocenters. The van der Waals surface area contributed by atoms with Gasteiger partial charge in [-0.3, -0.25) is 0 Å². The maximum absolute atomic E-state index is 5.27. The van der Waals surface area contributed by atoms with E-state index in [4.69, 9.17) is 17.9 Å². The van der Waals surface area contributed by atoms with Crippen LogP contribution in [0.1, 0.15) is 0 Å². The second-order valence-corrected chi connectivity index (χ2v) is 7.85. The maximum atomic E-state index is 5.27. The van der Waals surface area contributed by atoms with Gasteiger partial charge in [-0.2, -0.15) is 0 Å².